The van der Waals surface area contributed by atoms with Crippen LogP contribution in [0.1, 0.15) is 22.8 Å². The van der Waals surface area contributed by atoms with Crippen molar-refractivity contribution < 1.29 is 9.15 Å². The Balaban J connectivity index is 1.75. The summed E-state index contributed by atoms with van der Waals surface area (Å²) in [6, 6.07) is 7.85. The number of hydrogen-bond donors (Lipinski definition) is 1. The van der Waals surface area contributed by atoms with E-state index in [-0.39, 0.29) is 0 Å². The van der Waals surface area contributed by atoms with E-state index in [2.05, 4.69) is 4.98 Å². The lowest BCUT2D eigenvalue weighted by atomic mass is 10.2. The van der Waals surface area contributed by atoms with Crippen LogP contribution in [0.25, 0.3) is 0 Å². The van der Waals surface area contributed by atoms with Crippen LogP contribution in [0.2, 0.25) is 0 Å². The monoisotopic (exact) mass is 246 g/mol. The third kappa shape index (κ3) is 3.42. The van der Waals surface area contributed by atoms with Crippen LogP contribution in [0.3, 0.4) is 0 Å². The number of hydrogen-bond acceptors (Lipinski definition) is 4. The minimum atomic E-state index is 0.430. The average Bonchev–Trinajstić information content (AvgIpc) is 2.76. The fourth-order valence-electron chi connectivity index (χ4n) is 1.76. The molecule has 0 radical (unpaired) electrons. The molecule has 0 fully saturated rings. The highest BCUT2D eigenvalue weighted by Crippen LogP contribution is 2.14. The molecule has 0 aliphatic carbocycles. The minimum absolute atomic E-state index is 0.430. The molecule has 0 unspecified atom stereocenters. The van der Waals surface area contributed by atoms with E-state index in [1.807, 2.05) is 31.2 Å². The minimum Gasteiger partial charge on any atom is -0.462 e. The molecule has 4 nitrogen and oxygen atoms in total. The Hall–Kier alpha value is -1.65. The average molecular weight is 246 g/mol. The zero-order valence-corrected chi connectivity index (χ0v) is 10.6. The SMILES string of the molecule is Cc1cc(COCCc2ccccn2)oc1CN. The van der Waals surface area contributed by atoms with Gasteiger partial charge in [0.25, 0.3) is 0 Å². The van der Waals surface area contributed by atoms with Crippen molar-refractivity contribution in [2.45, 2.75) is 26.5 Å². The number of pyridine rings is 1. The van der Waals surface area contributed by atoms with E-state index in [9.17, 15) is 0 Å². The molecule has 96 valence electrons. The van der Waals surface area contributed by atoms with Crippen molar-refractivity contribution in [2.24, 2.45) is 5.73 Å². The summed E-state index contributed by atoms with van der Waals surface area (Å²) in [5, 5.41) is 0. The third-order valence-corrected chi connectivity index (χ3v) is 2.73. The fraction of sp³-hybridized carbons (Fsp3) is 0.357. The molecule has 18 heavy (non-hydrogen) atoms. The van der Waals surface area contributed by atoms with E-state index in [1.54, 1.807) is 6.20 Å². The van der Waals surface area contributed by atoms with E-state index in [1.165, 1.54) is 0 Å². The van der Waals surface area contributed by atoms with Crippen LogP contribution >= 0.6 is 0 Å². The maximum absolute atomic E-state index is 5.56. The molecule has 0 saturated heterocycles. The summed E-state index contributed by atoms with van der Waals surface area (Å²) >= 11 is 0. The highest BCUT2D eigenvalue weighted by atomic mass is 16.5. The summed E-state index contributed by atoms with van der Waals surface area (Å²) in [5.41, 5.74) is 7.67. The molecule has 0 saturated carbocycles. The Morgan fingerprint density at radius 2 is 2.28 bits per heavy atom. The maximum atomic E-state index is 5.56. The lowest BCUT2D eigenvalue weighted by molar-refractivity contribution is 0.107. The van der Waals surface area contributed by atoms with Crippen LogP contribution in [0.5, 0.6) is 0 Å². The zero-order chi connectivity index (χ0) is 12.8. The van der Waals surface area contributed by atoms with Crippen molar-refractivity contribution in [2.75, 3.05) is 6.61 Å². The Labute approximate surface area is 107 Å². The van der Waals surface area contributed by atoms with Crippen LogP contribution < -0.4 is 5.73 Å². The molecule has 2 aromatic rings. The third-order valence-electron chi connectivity index (χ3n) is 2.73. The number of ether oxygens (including phenoxy) is 1. The Bertz CT molecular complexity index is 480. The Morgan fingerprint density at radius 1 is 1.39 bits per heavy atom. The van der Waals surface area contributed by atoms with Crippen LogP contribution in [0.4, 0.5) is 0 Å². The second-order valence-electron chi connectivity index (χ2n) is 4.15. The molecule has 2 heterocycles. The first-order chi connectivity index (χ1) is 8.79. The van der Waals surface area contributed by atoms with Crippen molar-refractivity contribution in [1.29, 1.82) is 0 Å². The summed E-state index contributed by atoms with van der Waals surface area (Å²) in [6.07, 6.45) is 2.60. The Morgan fingerprint density at radius 3 is 2.94 bits per heavy atom. The van der Waals surface area contributed by atoms with E-state index >= 15 is 0 Å². The number of aryl methyl sites for hydroxylation is 1. The number of nitrogens with zero attached hydrogens (tertiary/aromatic N) is 1. The van der Waals surface area contributed by atoms with Gasteiger partial charge in [-0.2, -0.15) is 0 Å². The molecule has 0 amide bonds. The normalized spacial score (nSPS) is 10.8. The standard InChI is InChI=1S/C14H18N2O2/c1-11-8-13(18-14(11)9-15)10-17-7-5-12-4-2-3-6-16-12/h2-4,6,8H,5,7,9-10,15H2,1H3. The van der Waals surface area contributed by atoms with Crippen molar-refractivity contribution in [3.8, 4) is 0 Å². The first kappa shape index (κ1) is 12.8. The molecule has 0 atom stereocenters. The van der Waals surface area contributed by atoms with Gasteiger partial charge in [0.05, 0.1) is 13.2 Å². The van der Waals surface area contributed by atoms with Gasteiger partial charge in [0.1, 0.15) is 18.1 Å². The van der Waals surface area contributed by atoms with Gasteiger partial charge in [-0.05, 0) is 30.7 Å². The Kier molecular flexibility index (Phi) is 4.50. The van der Waals surface area contributed by atoms with Gasteiger partial charge < -0.3 is 14.9 Å². The second-order valence-corrected chi connectivity index (χ2v) is 4.15. The molecule has 2 aromatic heterocycles. The smallest absolute Gasteiger partial charge is 0.130 e. The highest BCUT2D eigenvalue weighted by Gasteiger charge is 2.05. The van der Waals surface area contributed by atoms with Gasteiger partial charge in [0.15, 0.2) is 0 Å². The van der Waals surface area contributed by atoms with Gasteiger partial charge in [0.2, 0.25) is 0 Å². The molecular weight excluding hydrogens is 228 g/mol. The molecule has 0 aliphatic heterocycles. The highest BCUT2D eigenvalue weighted by molar-refractivity contribution is 5.19. The predicted octanol–water partition coefficient (Wildman–Crippen LogP) is 2.20. The van der Waals surface area contributed by atoms with Gasteiger partial charge in [-0.3, -0.25) is 4.98 Å². The molecule has 0 spiro atoms. The van der Waals surface area contributed by atoms with Gasteiger partial charge in [-0.25, -0.2) is 0 Å². The van der Waals surface area contributed by atoms with E-state index in [0.29, 0.717) is 19.8 Å². The van der Waals surface area contributed by atoms with Crippen LogP contribution in [-0.2, 0) is 24.3 Å². The number of furan rings is 1. The van der Waals surface area contributed by atoms with Gasteiger partial charge in [-0.15, -0.1) is 0 Å². The number of aromatic nitrogens is 1. The quantitative estimate of drug-likeness (QED) is 0.794. The molecular formula is C14H18N2O2. The topological polar surface area (TPSA) is 61.3 Å². The second kappa shape index (κ2) is 6.33. The number of rotatable bonds is 6. The predicted molar refractivity (Wildman–Crippen MR) is 68.9 cm³/mol. The summed E-state index contributed by atoms with van der Waals surface area (Å²) in [6.45, 7) is 3.53. The molecule has 0 aliphatic rings. The van der Waals surface area contributed by atoms with Gasteiger partial charge in [0, 0.05) is 18.3 Å². The van der Waals surface area contributed by atoms with Crippen LogP contribution in [0, 0.1) is 6.92 Å². The molecule has 2 rings (SSSR count). The van der Waals surface area contributed by atoms with Crippen LogP contribution in [0.15, 0.2) is 34.9 Å². The summed E-state index contributed by atoms with van der Waals surface area (Å²) in [4.78, 5) is 4.23. The summed E-state index contributed by atoms with van der Waals surface area (Å²) < 4.78 is 11.1. The first-order valence-electron chi connectivity index (χ1n) is 6.05. The summed E-state index contributed by atoms with van der Waals surface area (Å²) in [7, 11) is 0. The maximum Gasteiger partial charge on any atom is 0.130 e. The lowest BCUT2D eigenvalue weighted by Gasteiger charge is -2.01. The first-order valence-corrected chi connectivity index (χ1v) is 6.05. The molecule has 0 aromatic carbocycles. The van der Waals surface area contributed by atoms with Gasteiger partial charge >= 0.3 is 0 Å². The zero-order valence-electron chi connectivity index (χ0n) is 10.6. The summed E-state index contributed by atoms with van der Waals surface area (Å²) in [5.74, 6) is 1.66. The molecule has 0 bridgehead atoms. The van der Waals surface area contributed by atoms with Crippen molar-refractivity contribution in [3.63, 3.8) is 0 Å². The van der Waals surface area contributed by atoms with Gasteiger partial charge in [-0.1, -0.05) is 6.07 Å². The van der Waals surface area contributed by atoms with E-state index in [0.717, 1.165) is 29.2 Å². The van der Waals surface area contributed by atoms with Crippen molar-refractivity contribution in [3.05, 3.63) is 53.2 Å². The molecule has 2 N–H and O–H groups in total. The largest absolute Gasteiger partial charge is 0.462 e. The number of nitrogens with two attached hydrogens (primary N) is 1. The van der Waals surface area contributed by atoms with Crippen molar-refractivity contribution >= 4 is 0 Å². The fourth-order valence-corrected chi connectivity index (χ4v) is 1.76. The van der Waals surface area contributed by atoms with E-state index < -0.39 is 0 Å². The van der Waals surface area contributed by atoms with Crippen molar-refractivity contribution in [1.82, 2.24) is 4.98 Å². The van der Waals surface area contributed by atoms with Crippen LogP contribution in [-0.4, -0.2) is 11.6 Å². The van der Waals surface area contributed by atoms with E-state index in [4.69, 9.17) is 14.9 Å². The lowest BCUT2D eigenvalue weighted by Crippen LogP contribution is -2.00. The molecule has 4 heteroatoms.